The Bertz CT molecular complexity index is 1180. The largest absolute Gasteiger partial charge is 0.489 e. The molecule has 5 nitrogen and oxygen atoms in total. The van der Waals surface area contributed by atoms with Gasteiger partial charge in [0.25, 0.3) is 0 Å². The average Bonchev–Trinajstić information content (AvgIpc) is 3.72. The van der Waals surface area contributed by atoms with Gasteiger partial charge in [-0.1, -0.05) is 30.3 Å². The first-order chi connectivity index (χ1) is 17.8. The number of ether oxygens (including phenoxy) is 2. The van der Waals surface area contributed by atoms with E-state index in [1.54, 1.807) is 6.07 Å². The molecule has 0 spiro atoms. The predicted molar refractivity (Wildman–Crippen MR) is 145 cm³/mol. The third-order valence-electron chi connectivity index (χ3n) is 7.26. The lowest BCUT2D eigenvalue weighted by molar-refractivity contribution is 0.166. The molecule has 198 valence electrons. The van der Waals surface area contributed by atoms with Crippen LogP contribution in [0.4, 0.5) is 4.39 Å². The van der Waals surface area contributed by atoms with Crippen molar-refractivity contribution in [2.24, 2.45) is 5.92 Å². The minimum absolute atomic E-state index is 0.179. The standard InChI is InChI=1S/C31H39FN2O3/c1-20(2)34(21(3)4)17-25-14-26(11-12-27(25)28-15-31(36-5)33-16-30(28)32)37-19-22-7-6-8-24(13-22)29(18-35)23-9-10-23/h6-8,11-16,20-21,23,29,35H,9-10,17-19H2,1-5H3. The first kappa shape index (κ1) is 27.1. The van der Waals surface area contributed by atoms with E-state index in [0.29, 0.717) is 42.6 Å². The maximum absolute atomic E-state index is 14.9. The Hall–Kier alpha value is -2.96. The van der Waals surface area contributed by atoms with Crippen LogP contribution in [-0.4, -0.2) is 40.8 Å². The van der Waals surface area contributed by atoms with E-state index >= 15 is 0 Å². The number of rotatable bonds is 12. The molecule has 4 rings (SSSR count). The molecule has 1 aliphatic carbocycles. The van der Waals surface area contributed by atoms with E-state index in [1.165, 1.54) is 31.7 Å². The fourth-order valence-electron chi connectivity index (χ4n) is 5.05. The van der Waals surface area contributed by atoms with Crippen molar-refractivity contribution in [2.75, 3.05) is 13.7 Å². The van der Waals surface area contributed by atoms with Gasteiger partial charge in [0.1, 0.15) is 18.2 Å². The molecule has 1 saturated carbocycles. The van der Waals surface area contributed by atoms with Crippen LogP contribution in [0.3, 0.4) is 0 Å². The molecule has 1 unspecified atom stereocenters. The number of halogens is 1. The second-order valence-electron chi connectivity index (χ2n) is 10.5. The highest BCUT2D eigenvalue weighted by molar-refractivity contribution is 5.69. The maximum Gasteiger partial charge on any atom is 0.213 e. The van der Waals surface area contributed by atoms with Gasteiger partial charge in [0.05, 0.1) is 19.9 Å². The number of pyridine rings is 1. The van der Waals surface area contributed by atoms with Crippen molar-refractivity contribution in [3.05, 3.63) is 77.2 Å². The van der Waals surface area contributed by atoms with Gasteiger partial charge in [-0.25, -0.2) is 9.37 Å². The molecule has 2 aromatic carbocycles. The molecule has 0 bridgehead atoms. The van der Waals surface area contributed by atoms with Gasteiger partial charge in [-0.2, -0.15) is 0 Å². The summed E-state index contributed by atoms with van der Waals surface area (Å²) in [7, 11) is 1.53. The van der Waals surface area contributed by atoms with Gasteiger partial charge >= 0.3 is 0 Å². The van der Waals surface area contributed by atoms with Crippen LogP contribution in [0.5, 0.6) is 11.6 Å². The molecule has 1 heterocycles. The van der Waals surface area contributed by atoms with Crippen molar-refractivity contribution in [1.29, 1.82) is 0 Å². The lowest BCUT2D eigenvalue weighted by atomic mass is 9.94. The number of aromatic nitrogens is 1. The zero-order valence-electron chi connectivity index (χ0n) is 22.6. The highest BCUT2D eigenvalue weighted by atomic mass is 19.1. The smallest absolute Gasteiger partial charge is 0.213 e. The van der Waals surface area contributed by atoms with Crippen LogP contribution in [0.15, 0.2) is 54.7 Å². The van der Waals surface area contributed by atoms with Crippen LogP contribution < -0.4 is 9.47 Å². The molecule has 37 heavy (non-hydrogen) atoms. The highest BCUT2D eigenvalue weighted by Crippen LogP contribution is 2.42. The maximum atomic E-state index is 14.9. The summed E-state index contributed by atoms with van der Waals surface area (Å²) in [6, 6.07) is 16.5. The summed E-state index contributed by atoms with van der Waals surface area (Å²) in [5.41, 5.74) is 4.49. The molecule has 0 radical (unpaired) electrons. The Morgan fingerprint density at radius 2 is 1.78 bits per heavy atom. The topological polar surface area (TPSA) is 54.8 Å². The second kappa shape index (κ2) is 12.1. The zero-order valence-corrected chi connectivity index (χ0v) is 22.6. The molecule has 0 saturated heterocycles. The Kier molecular flexibility index (Phi) is 8.83. The summed E-state index contributed by atoms with van der Waals surface area (Å²) < 4.78 is 26.4. The van der Waals surface area contributed by atoms with Crippen molar-refractivity contribution in [3.63, 3.8) is 0 Å². The van der Waals surface area contributed by atoms with Crippen LogP contribution in [-0.2, 0) is 13.2 Å². The van der Waals surface area contributed by atoms with E-state index in [4.69, 9.17) is 9.47 Å². The molecule has 0 amide bonds. The highest BCUT2D eigenvalue weighted by Gasteiger charge is 2.31. The lowest BCUT2D eigenvalue weighted by Crippen LogP contribution is -2.36. The third kappa shape index (κ3) is 6.68. The Morgan fingerprint density at radius 3 is 2.43 bits per heavy atom. The molecule has 1 fully saturated rings. The summed E-state index contributed by atoms with van der Waals surface area (Å²) in [6.45, 7) is 9.94. The van der Waals surface area contributed by atoms with Gasteiger partial charge in [-0.15, -0.1) is 0 Å². The number of aliphatic hydroxyl groups is 1. The van der Waals surface area contributed by atoms with Crippen molar-refractivity contribution in [3.8, 4) is 22.8 Å². The summed E-state index contributed by atoms with van der Waals surface area (Å²) in [5, 5.41) is 9.87. The van der Waals surface area contributed by atoms with E-state index in [0.717, 1.165) is 22.4 Å². The molecular formula is C31H39FN2O3. The third-order valence-corrected chi connectivity index (χ3v) is 7.26. The zero-order chi connectivity index (χ0) is 26.5. The first-order valence-electron chi connectivity index (χ1n) is 13.2. The number of hydrogen-bond donors (Lipinski definition) is 1. The van der Waals surface area contributed by atoms with E-state index in [9.17, 15) is 9.50 Å². The molecule has 0 aliphatic heterocycles. The fraction of sp³-hybridized carbons (Fsp3) is 0.452. The van der Waals surface area contributed by atoms with Crippen molar-refractivity contribution in [1.82, 2.24) is 9.88 Å². The second-order valence-corrected chi connectivity index (χ2v) is 10.5. The number of hydrogen-bond acceptors (Lipinski definition) is 5. The van der Waals surface area contributed by atoms with Gasteiger partial charge in [0.2, 0.25) is 5.88 Å². The van der Waals surface area contributed by atoms with Crippen LogP contribution in [0, 0.1) is 11.7 Å². The van der Waals surface area contributed by atoms with Gasteiger partial charge < -0.3 is 14.6 Å². The lowest BCUT2D eigenvalue weighted by Gasteiger charge is -2.31. The molecule has 1 N–H and O–H groups in total. The van der Waals surface area contributed by atoms with Gasteiger partial charge in [-0.3, -0.25) is 4.90 Å². The van der Waals surface area contributed by atoms with E-state index in [-0.39, 0.29) is 18.3 Å². The summed E-state index contributed by atoms with van der Waals surface area (Å²) in [6.07, 6.45) is 3.59. The van der Waals surface area contributed by atoms with Crippen LogP contribution in [0.25, 0.3) is 11.1 Å². The van der Waals surface area contributed by atoms with Crippen molar-refractivity contribution >= 4 is 0 Å². The normalized spacial score (nSPS) is 14.4. The molecule has 1 aromatic heterocycles. The van der Waals surface area contributed by atoms with Gasteiger partial charge in [-0.05, 0) is 80.8 Å². The van der Waals surface area contributed by atoms with Crippen LogP contribution in [0.2, 0.25) is 0 Å². The number of nitrogens with zero attached hydrogens (tertiary/aromatic N) is 2. The summed E-state index contributed by atoms with van der Waals surface area (Å²) in [5.74, 6) is 1.52. The monoisotopic (exact) mass is 506 g/mol. The Balaban J connectivity index is 1.62. The minimum Gasteiger partial charge on any atom is -0.489 e. The molecule has 3 aromatic rings. The average molecular weight is 507 g/mol. The number of benzene rings is 2. The summed E-state index contributed by atoms with van der Waals surface area (Å²) >= 11 is 0. The number of aliphatic hydroxyl groups excluding tert-OH is 1. The number of methoxy groups -OCH3 is 1. The van der Waals surface area contributed by atoms with Crippen LogP contribution >= 0.6 is 0 Å². The van der Waals surface area contributed by atoms with Gasteiger partial charge in [0.15, 0.2) is 0 Å². The first-order valence-corrected chi connectivity index (χ1v) is 13.2. The minimum atomic E-state index is -0.387. The predicted octanol–water partition coefficient (Wildman–Crippen LogP) is 6.58. The van der Waals surface area contributed by atoms with E-state index in [2.05, 4.69) is 55.8 Å². The quantitative estimate of drug-likeness (QED) is 0.301. The molecule has 1 atom stereocenters. The Labute approximate surface area is 220 Å². The van der Waals surface area contributed by atoms with Crippen molar-refractivity contribution in [2.45, 2.75) is 71.7 Å². The van der Waals surface area contributed by atoms with E-state index < -0.39 is 0 Å². The molecule has 1 aliphatic rings. The fourth-order valence-corrected chi connectivity index (χ4v) is 5.05. The molecular weight excluding hydrogens is 467 g/mol. The van der Waals surface area contributed by atoms with E-state index in [1.807, 2.05) is 24.3 Å². The van der Waals surface area contributed by atoms with Crippen LogP contribution in [0.1, 0.15) is 63.1 Å². The summed E-state index contributed by atoms with van der Waals surface area (Å²) in [4.78, 5) is 6.37. The Morgan fingerprint density at radius 1 is 1.03 bits per heavy atom. The van der Waals surface area contributed by atoms with Crippen molar-refractivity contribution < 1.29 is 19.0 Å². The molecule has 6 heteroatoms. The SMILES string of the molecule is COc1cc(-c2ccc(OCc3cccc(C(CO)C4CC4)c3)cc2CN(C(C)C)C(C)C)c(F)cn1. The van der Waals surface area contributed by atoms with Gasteiger partial charge in [0, 0.05) is 36.2 Å².